The van der Waals surface area contributed by atoms with E-state index in [1.807, 2.05) is 18.2 Å². The maximum absolute atomic E-state index is 13.2. The minimum atomic E-state index is -1.23. The van der Waals surface area contributed by atoms with E-state index in [1.165, 1.54) is 23.3 Å². The number of urea groups is 1. The van der Waals surface area contributed by atoms with E-state index in [9.17, 15) is 18.8 Å². The molecular weight excluding hydrogens is 397 g/mol. The van der Waals surface area contributed by atoms with Crippen LogP contribution in [0, 0.1) is 5.82 Å². The first-order chi connectivity index (χ1) is 13.8. The van der Waals surface area contributed by atoms with Gasteiger partial charge in [0.25, 0.3) is 5.91 Å². The van der Waals surface area contributed by atoms with Gasteiger partial charge in [-0.3, -0.25) is 14.5 Å². The van der Waals surface area contributed by atoms with Gasteiger partial charge in [-0.15, -0.1) is 0 Å². The van der Waals surface area contributed by atoms with Gasteiger partial charge in [0.1, 0.15) is 17.9 Å². The number of fused-ring (bicyclic) bond motifs is 1. The molecule has 1 atom stereocenters. The van der Waals surface area contributed by atoms with E-state index in [2.05, 4.69) is 10.6 Å². The van der Waals surface area contributed by atoms with Gasteiger partial charge in [0.2, 0.25) is 5.91 Å². The highest BCUT2D eigenvalue weighted by Crippen LogP contribution is 2.32. The van der Waals surface area contributed by atoms with E-state index >= 15 is 0 Å². The Labute approximate surface area is 172 Å². The van der Waals surface area contributed by atoms with E-state index < -0.39 is 35.7 Å². The average molecular weight is 416 g/mol. The SMILES string of the molecule is C[C@@]1(c2ccc3c(c2)CCC3)NC(=O)N(CC(=O)Nc2ccc(F)c(Cl)c2)C1=O. The molecule has 0 radical (unpaired) electrons. The number of hydrogen-bond acceptors (Lipinski definition) is 3. The average Bonchev–Trinajstić information content (AvgIpc) is 3.23. The molecular formula is C21H19ClFN3O3. The van der Waals surface area contributed by atoms with E-state index in [1.54, 1.807) is 6.92 Å². The lowest BCUT2D eigenvalue weighted by atomic mass is 9.89. The van der Waals surface area contributed by atoms with E-state index in [4.69, 9.17) is 11.6 Å². The maximum atomic E-state index is 13.2. The van der Waals surface area contributed by atoms with Crippen molar-refractivity contribution in [1.82, 2.24) is 10.2 Å². The topological polar surface area (TPSA) is 78.5 Å². The normalized spacial score (nSPS) is 20.6. The zero-order valence-corrected chi connectivity index (χ0v) is 16.5. The van der Waals surface area contributed by atoms with Crippen LogP contribution in [0.3, 0.4) is 0 Å². The van der Waals surface area contributed by atoms with Crippen LogP contribution in [0.25, 0.3) is 0 Å². The molecule has 2 aromatic carbocycles. The van der Waals surface area contributed by atoms with E-state index in [-0.39, 0.29) is 10.7 Å². The number of halogens is 2. The Morgan fingerprint density at radius 2 is 1.97 bits per heavy atom. The molecule has 0 unspecified atom stereocenters. The third kappa shape index (κ3) is 3.46. The fourth-order valence-electron chi connectivity index (χ4n) is 3.84. The molecule has 150 valence electrons. The summed E-state index contributed by atoms with van der Waals surface area (Å²) in [6, 6.07) is 8.91. The molecule has 29 heavy (non-hydrogen) atoms. The molecule has 1 heterocycles. The van der Waals surface area contributed by atoms with Crippen LogP contribution in [0.4, 0.5) is 14.9 Å². The van der Waals surface area contributed by atoms with Crippen LogP contribution in [0.15, 0.2) is 36.4 Å². The van der Waals surface area contributed by atoms with Gasteiger partial charge in [-0.2, -0.15) is 0 Å². The summed E-state index contributed by atoms with van der Waals surface area (Å²) in [6.07, 6.45) is 3.05. The van der Waals surface area contributed by atoms with Crippen molar-refractivity contribution in [1.29, 1.82) is 0 Å². The number of carbonyl (C=O) groups is 3. The molecule has 2 aliphatic rings. The third-order valence-electron chi connectivity index (χ3n) is 5.46. The fraction of sp³-hybridized carbons (Fsp3) is 0.286. The van der Waals surface area contributed by atoms with Gasteiger partial charge in [0, 0.05) is 5.69 Å². The van der Waals surface area contributed by atoms with Crippen molar-refractivity contribution < 1.29 is 18.8 Å². The molecule has 2 N–H and O–H groups in total. The molecule has 2 aromatic rings. The smallest absolute Gasteiger partial charge is 0.324 e. The third-order valence-corrected chi connectivity index (χ3v) is 5.75. The van der Waals surface area contributed by atoms with Crippen LogP contribution in [-0.4, -0.2) is 29.3 Å². The minimum absolute atomic E-state index is 0.137. The van der Waals surface area contributed by atoms with Gasteiger partial charge in [-0.1, -0.05) is 29.8 Å². The number of imide groups is 1. The van der Waals surface area contributed by atoms with Crippen molar-refractivity contribution in [3.05, 3.63) is 63.9 Å². The molecule has 1 saturated heterocycles. The van der Waals surface area contributed by atoms with E-state index in [0.29, 0.717) is 5.56 Å². The first kappa shape index (κ1) is 19.4. The highest BCUT2D eigenvalue weighted by molar-refractivity contribution is 6.31. The number of nitrogens with zero attached hydrogens (tertiary/aromatic N) is 1. The predicted octanol–water partition coefficient (Wildman–Crippen LogP) is 3.37. The summed E-state index contributed by atoms with van der Waals surface area (Å²) in [5, 5.41) is 5.09. The maximum Gasteiger partial charge on any atom is 0.325 e. The van der Waals surface area contributed by atoms with Crippen LogP contribution >= 0.6 is 11.6 Å². The van der Waals surface area contributed by atoms with Crippen molar-refractivity contribution in [2.45, 2.75) is 31.7 Å². The first-order valence-corrected chi connectivity index (χ1v) is 9.67. The number of carbonyl (C=O) groups excluding carboxylic acids is 3. The lowest BCUT2D eigenvalue weighted by molar-refractivity contribution is -0.133. The number of amides is 4. The van der Waals surface area contributed by atoms with Crippen LogP contribution in [0.1, 0.15) is 30.0 Å². The Morgan fingerprint density at radius 1 is 1.21 bits per heavy atom. The summed E-state index contributed by atoms with van der Waals surface area (Å²) >= 11 is 5.70. The number of benzene rings is 2. The van der Waals surface area contributed by atoms with Crippen LogP contribution < -0.4 is 10.6 Å². The van der Waals surface area contributed by atoms with Gasteiger partial charge in [-0.05, 0) is 61.1 Å². The Hall–Kier alpha value is -2.93. The van der Waals surface area contributed by atoms with Crippen molar-refractivity contribution in [3.8, 4) is 0 Å². The summed E-state index contributed by atoms with van der Waals surface area (Å²) in [4.78, 5) is 38.7. The number of aryl methyl sites for hydroxylation is 2. The van der Waals surface area contributed by atoms with Crippen molar-refractivity contribution >= 4 is 35.1 Å². The first-order valence-electron chi connectivity index (χ1n) is 9.29. The molecule has 0 bridgehead atoms. The second-order valence-electron chi connectivity index (χ2n) is 7.46. The van der Waals surface area contributed by atoms with Gasteiger partial charge < -0.3 is 10.6 Å². The molecule has 1 aliphatic carbocycles. The monoisotopic (exact) mass is 415 g/mol. The number of hydrogen-bond donors (Lipinski definition) is 2. The molecule has 0 spiro atoms. The summed E-state index contributed by atoms with van der Waals surface area (Å²) in [6.45, 7) is 1.18. The molecule has 1 fully saturated rings. The summed E-state index contributed by atoms with van der Waals surface area (Å²) in [7, 11) is 0. The molecule has 1 aliphatic heterocycles. The Kier molecular flexibility index (Phi) is 4.78. The highest BCUT2D eigenvalue weighted by Gasteiger charge is 2.49. The lowest BCUT2D eigenvalue weighted by Gasteiger charge is -2.23. The zero-order chi connectivity index (χ0) is 20.8. The largest absolute Gasteiger partial charge is 0.325 e. The van der Waals surface area contributed by atoms with Crippen molar-refractivity contribution in [2.24, 2.45) is 0 Å². The molecule has 4 rings (SSSR count). The van der Waals surface area contributed by atoms with Crippen LogP contribution in [0.5, 0.6) is 0 Å². The quantitative estimate of drug-likeness (QED) is 0.751. The van der Waals surface area contributed by atoms with Gasteiger partial charge in [0.05, 0.1) is 5.02 Å². The van der Waals surface area contributed by atoms with Crippen LogP contribution in [0.2, 0.25) is 5.02 Å². The number of nitrogens with one attached hydrogen (secondary N) is 2. The molecule has 6 nitrogen and oxygen atoms in total. The number of anilines is 1. The van der Waals surface area contributed by atoms with Crippen molar-refractivity contribution in [2.75, 3.05) is 11.9 Å². The van der Waals surface area contributed by atoms with Crippen LogP contribution in [-0.2, 0) is 28.0 Å². The summed E-state index contributed by atoms with van der Waals surface area (Å²) in [5.41, 5.74) is 2.20. The molecule has 4 amide bonds. The minimum Gasteiger partial charge on any atom is -0.324 e. The Morgan fingerprint density at radius 3 is 2.72 bits per heavy atom. The van der Waals surface area contributed by atoms with Crippen molar-refractivity contribution in [3.63, 3.8) is 0 Å². The fourth-order valence-corrected chi connectivity index (χ4v) is 4.02. The molecule has 0 aromatic heterocycles. The van der Waals surface area contributed by atoms with E-state index in [0.717, 1.165) is 30.2 Å². The Bertz CT molecular complexity index is 1040. The lowest BCUT2D eigenvalue weighted by Crippen LogP contribution is -2.42. The summed E-state index contributed by atoms with van der Waals surface area (Å²) < 4.78 is 13.2. The summed E-state index contributed by atoms with van der Waals surface area (Å²) in [5.74, 6) is -1.69. The van der Waals surface area contributed by atoms with Gasteiger partial charge in [-0.25, -0.2) is 9.18 Å². The predicted molar refractivity (Wildman–Crippen MR) is 106 cm³/mol. The molecule has 0 saturated carbocycles. The second kappa shape index (κ2) is 7.15. The number of rotatable bonds is 4. The standard InChI is InChI=1S/C21H19ClFN3O3/c1-21(14-6-5-12-3-2-4-13(12)9-14)19(28)26(20(29)25-21)11-18(27)24-15-7-8-17(23)16(22)10-15/h5-10H,2-4,11H2,1H3,(H,24,27)(H,25,29)/t21-/m0/s1. The van der Waals surface area contributed by atoms with Gasteiger partial charge >= 0.3 is 6.03 Å². The molecule has 8 heteroatoms. The Balaban J connectivity index is 1.50. The zero-order valence-electron chi connectivity index (χ0n) is 15.7. The van der Waals surface area contributed by atoms with Gasteiger partial charge in [0.15, 0.2) is 0 Å². The second-order valence-corrected chi connectivity index (χ2v) is 7.87. The highest BCUT2D eigenvalue weighted by atomic mass is 35.5.